The maximum absolute atomic E-state index is 13.1. The molecule has 32 heavy (non-hydrogen) atoms. The summed E-state index contributed by atoms with van der Waals surface area (Å²) in [6.07, 6.45) is 1.08. The fourth-order valence-corrected chi connectivity index (χ4v) is 5.32. The number of ether oxygens (including phenoxy) is 1. The Morgan fingerprint density at radius 3 is 2.16 bits per heavy atom. The molecule has 0 saturated carbocycles. The number of nitrogens with one attached hydrogen (secondary N) is 1. The summed E-state index contributed by atoms with van der Waals surface area (Å²) in [4.78, 5) is 4.80. The lowest BCUT2D eigenvalue weighted by Gasteiger charge is -2.46. The zero-order valence-corrected chi connectivity index (χ0v) is 18.6. The van der Waals surface area contributed by atoms with Gasteiger partial charge in [-0.05, 0) is 48.4 Å². The van der Waals surface area contributed by atoms with Crippen LogP contribution in [-0.4, -0.2) is 76.2 Å². The van der Waals surface area contributed by atoms with Crippen LogP contribution >= 0.6 is 0 Å². The van der Waals surface area contributed by atoms with Gasteiger partial charge in [-0.2, -0.15) is 5.26 Å². The molecule has 0 aromatic heterocycles. The van der Waals surface area contributed by atoms with E-state index in [9.17, 15) is 12.8 Å². The Morgan fingerprint density at radius 1 is 0.969 bits per heavy atom. The molecular formula is C23H27FN4O3S. The predicted molar refractivity (Wildman–Crippen MR) is 118 cm³/mol. The summed E-state index contributed by atoms with van der Waals surface area (Å²) in [5.41, 5.74) is 1.55. The van der Waals surface area contributed by atoms with Gasteiger partial charge in [-0.1, -0.05) is 12.1 Å². The lowest BCUT2D eigenvalue weighted by molar-refractivity contribution is -0.137. The maximum atomic E-state index is 13.1. The molecule has 2 atom stereocenters. The first-order chi connectivity index (χ1) is 15.4. The van der Waals surface area contributed by atoms with Crippen molar-refractivity contribution in [2.75, 3.05) is 45.8 Å². The first kappa shape index (κ1) is 22.8. The molecular weight excluding hydrogens is 431 g/mol. The van der Waals surface area contributed by atoms with Crippen LogP contribution in [-0.2, 0) is 21.2 Å². The number of fused-ring (bicyclic) bond motifs is 2. The fraction of sp³-hybridized carbons (Fsp3) is 0.435. The molecule has 2 bridgehead atoms. The summed E-state index contributed by atoms with van der Waals surface area (Å²) in [7, 11) is -3.60. The molecule has 9 heteroatoms. The monoisotopic (exact) mass is 458 g/mol. The minimum Gasteiger partial charge on any atom is -0.370 e. The molecule has 1 N–H and O–H groups in total. The van der Waals surface area contributed by atoms with Crippen LogP contribution in [0.5, 0.6) is 0 Å². The Kier molecular flexibility index (Phi) is 7.18. The lowest BCUT2D eigenvalue weighted by atomic mass is 10.1. The van der Waals surface area contributed by atoms with Crippen molar-refractivity contribution in [2.24, 2.45) is 0 Å². The predicted octanol–water partition coefficient (Wildman–Crippen LogP) is 1.60. The largest absolute Gasteiger partial charge is 0.370 e. The van der Waals surface area contributed by atoms with Crippen molar-refractivity contribution in [1.82, 2.24) is 14.5 Å². The summed E-state index contributed by atoms with van der Waals surface area (Å²) in [5, 5.41) is 8.85. The number of nitrogens with zero attached hydrogens (tertiary/aromatic N) is 3. The summed E-state index contributed by atoms with van der Waals surface area (Å²) in [6.45, 7) is 5.05. The topological polar surface area (TPSA) is 85.7 Å². The van der Waals surface area contributed by atoms with Crippen molar-refractivity contribution in [3.63, 3.8) is 0 Å². The molecule has 0 spiro atoms. The molecule has 2 fully saturated rings. The summed E-state index contributed by atoms with van der Waals surface area (Å²) in [5.74, 6) is -0.214. The summed E-state index contributed by atoms with van der Waals surface area (Å²) >= 11 is 0. The molecule has 2 unspecified atom stereocenters. The van der Waals surface area contributed by atoms with Gasteiger partial charge in [0.05, 0.1) is 28.7 Å². The van der Waals surface area contributed by atoms with Crippen LogP contribution < -0.4 is 4.72 Å². The van der Waals surface area contributed by atoms with E-state index < -0.39 is 10.0 Å². The average Bonchev–Trinajstić information content (AvgIpc) is 2.78. The second-order valence-corrected chi connectivity index (χ2v) is 10.1. The zero-order valence-electron chi connectivity index (χ0n) is 17.8. The summed E-state index contributed by atoms with van der Waals surface area (Å²) in [6, 6.07) is 14.5. The number of rotatable bonds is 8. The molecule has 4 rings (SSSR count). The highest BCUT2D eigenvalue weighted by Crippen LogP contribution is 2.19. The van der Waals surface area contributed by atoms with E-state index in [4.69, 9.17) is 10.00 Å². The lowest BCUT2D eigenvalue weighted by Crippen LogP contribution is -2.60. The van der Waals surface area contributed by atoms with E-state index in [1.807, 2.05) is 18.2 Å². The Bertz CT molecular complexity index is 1040. The molecule has 2 aromatic carbocycles. The van der Waals surface area contributed by atoms with Crippen molar-refractivity contribution in [1.29, 1.82) is 5.26 Å². The van der Waals surface area contributed by atoms with Crippen molar-refractivity contribution < 1.29 is 17.5 Å². The van der Waals surface area contributed by atoms with E-state index in [2.05, 4.69) is 14.5 Å². The number of benzene rings is 2. The van der Waals surface area contributed by atoms with Gasteiger partial charge in [-0.25, -0.2) is 17.5 Å². The third kappa shape index (κ3) is 5.91. The van der Waals surface area contributed by atoms with Gasteiger partial charge in [-0.3, -0.25) is 9.80 Å². The first-order valence-electron chi connectivity index (χ1n) is 10.8. The second kappa shape index (κ2) is 10.1. The quantitative estimate of drug-likeness (QED) is 0.647. The van der Waals surface area contributed by atoms with Gasteiger partial charge >= 0.3 is 0 Å². The SMILES string of the molecule is N#Cc1ccc(S(=O)(=O)NCCN2CC3CN(CCc4ccc(F)cc4)CC(C2)O3)cc1. The molecule has 170 valence electrons. The molecule has 2 saturated heterocycles. The van der Waals surface area contributed by atoms with Gasteiger partial charge in [-0.15, -0.1) is 0 Å². The number of morpholine rings is 2. The number of nitriles is 1. The van der Waals surface area contributed by atoms with Crippen LogP contribution in [0.15, 0.2) is 53.4 Å². The van der Waals surface area contributed by atoms with Crippen LogP contribution in [0, 0.1) is 17.1 Å². The van der Waals surface area contributed by atoms with Gasteiger partial charge in [0, 0.05) is 45.8 Å². The molecule has 2 aliphatic rings. The van der Waals surface area contributed by atoms with E-state index in [1.165, 1.54) is 36.4 Å². The fourth-order valence-electron chi connectivity index (χ4n) is 4.29. The number of hydrogen-bond acceptors (Lipinski definition) is 6. The highest BCUT2D eigenvalue weighted by molar-refractivity contribution is 7.89. The number of sulfonamides is 1. The van der Waals surface area contributed by atoms with Gasteiger partial charge in [0.2, 0.25) is 10.0 Å². The van der Waals surface area contributed by atoms with Crippen LogP contribution in [0.1, 0.15) is 11.1 Å². The van der Waals surface area contributed by atoms with Crippen molar-refractivity contribution in [3.05, 3.63) is 65.5 Å². The molecule has 0 radical (unpaired) electrons. The van der Waals surface area contributed by atoms with E-state index in [1.54, 1.807) is 0 Å². The van der Waals surface area contributed by atoms with Crippen molar-refractivity contribution in [3.8, 4) is 6.07 Å². The first-order valence-corrected chi connectivity index (χ1v) is 12.2. The van der Waals surface area contributed by atoms with E-state index in [0.717, 1.165) is 44.7 Å². The van der Waals surface area contributed by atoms with Crippen LogP contribution in [0.4, 0.5) is 4.39 Å². The molecule has 7 nitrogen and oxygen atoms in total. The normalized spacial score (nSPS) is 21.9. The minimum absolute atomic E-state index is 0.103. The van der Waals surface area contributed by atoms with Gasteiger partial charge in [0.15, 0.2) is 0 Å². The highest BCUT2D eigenvalue weighted by atomic mass is 32.2. The van der Waals surface area contributed by atoms with Crippen LogP contribution in [0.2, 0.25) is 0 Å². The smallest absolute Gasteiger partial charge is 0.240 e. The van der Waals surface area contributed by atoms with Gasteiger partial charge in [0.25, 0.3) is 0 Å². The molecule has 0 amide bonds. The maximum Gasteiger partial charge on any atom is 0.240 e. The van der Waals surface area contributed by atoms with E-state index >= 15 is 0 Å². The molecule has 2 aromatic rings. The zero-order chi connectivity index (χ0) is 22.6. The van der Waals surface area contributed by atoms with Gasteiger partial charge in [0.1, 0.15) is 5.82 Å². The number of hydrogen-bond donors (Lipinski definition) is 1. The van der Waals surface area contributed by atoms with E-state index in [0.29, 0.717) is 18.7 Å². The minimum atomic E-state index is -3.60. The summed E-state index contributed by atoms with van der Waals surface area (Å²) < 4.78 is 46.7. The Balaban J connectivity index is 1.22. The second-order valence-electron chi connectivity index (χ2n) is 8.31. The Morgan fingerprint density at radius 2 is 1.56 bits per heavy atom. The van der Waals surface area contributed by atoms with Crippen LogP contribution in [0.3, 0.4) is 0 Å². The Labute approximate surface area is 188 Å². The van der Waals surface area contributed by atoms with Crippen LogP contribution in [0.25, 0.3) is 0 Å². The van der Waals surface area contributed by atoms with Gasteiger partial charge < -0.3 is 4.74 Å². The Hall–Kier alpha value is -2.35. The van der Waals surface area contributed by atoms with E-state index in [-0.39, 0.29) is 22.9 Å². The van der Waals surface area contributed by atoms with Crippen molar-refractivity contribution >= 4 is 10.0 Å². The molecule has 0 aliphatic carbocycles. The number of halogens is 1. The third-order valence-electron chi connectivity index (χ3n) is 5.88. The highest BCUT2D eigenvalue weighted by Gasteiger charge is 2.34. The standard InChI is InChI=1S/C23H27FN4O3S/c24-20-5-1-18(2-6-20)9-11-27-14-21-16-28(17-22(15-27)31-21)12-10-26-32(29,30)23-7-3-19(13-25)4-8-23/h1-8,21-22,26H,9-12,14-17H2. The van der Waals surface area contributed by atoms with Crippen molar-refractivity contribution in [2.45, 2.75) is 23.5 Å². The average molecular weight is 459 g/mol. The molecule has 2 heterocycles. The third-order valence-corrected chi connectivity index (χ3v) is 7.35. The molecule has 2 aliphatic heterocycles.